The molecule has 148 valence electrons. The standard InChI is InChI=1S/C24H29FNO2/c1-2-3-4-5-6-11-22-20-15-24-23(27-17-28-24)14-18(20)12-13-26(22)16-19-9-7-8-10-21(19)25/h7-10,14-15H,2-6,11-13,16-17H2,1H3/q+1. The van der Waals surface area contributed by atoms with Gasteiger partial charge in [-0.1, -0.05) is 44.7 Å². The first-order valence-corrected chi connectivity index (χ1v) is 10.5. The van der Waals surface area contributed by atoms with Gasteiger partial charge in [-0.15, -0.1) is 0 Å². The summed E-state index contributed by atoms with van der Waals surface area (Å²) < 4.78 is 27.8. The second-order valence-electron chi connectivity index (χ2n) is 7.74. The van der Waals surface area contributed by atoms with Gasteiger partial charge in [0.2, 0.25) is 6.79 Å². The highest BCUT2D eigenvalue weighted by Crippen LogP contribution is 2.37. The third-order valence-electron chi connectivity index (χ3n) is 5.78. The molecule has 0 N–H and O–H groups in total. The van der Waals surface area contributed by atoms with Crippen LogP contribution in [-0.2, 0) is 13.0 Å². The van der Waals surface area contributed by atoms with Crippen LogP contribution in [0, 0.1) is 5.82 Å². The van der Waals surface area contributed by atoms with E-state index < -0.39 is 0 Å². The molecule has 2 aliphatic rings. The lowest BCUT2D eigenvalue weighted by Gasteiger charge is -2.20. The van der Waals surface area contributed by atoms with Gasteiger partial charge >= 0.3 is 0 Å². The molecule has 4 rings (SSSR count). The van der Waals surface area contributed by atoms with Gasteiger partial charge in [0.25, 0.3) is 0 Å². The Labute approximate surface area is 166 Å². The molecule has 0 amide bonds. The van der Waals surface area contributed by atoms with E-state index in [1.165, 1.54) is 42.5 Å². The molecule has 28 heavy (non-hydrogen) atoms. The van der Waals surface area contributed by atoms with Crippen molar-refractivity contribution in [2.24, 2.45) is 0 Å². The zero-order chi connectivity index (χ0) is 19.3. The SMILES string of the molecule is CCCCCCCC1=[N+](Cc2ccccc2F)CCc2cc3c(cc21)OCO3. The fraction of sp³-hybridized carbons (Fsp3) is 0.458. The van der Waals surface area contributed by atoms with Crippen LogP contribution < -0.4 is 9.47 Å². The van der Waals surface area contributed by atoms with Gasteiger partial charge < -0.3 is 9.47 Å². The van der Waals surface area contributed by atoms with Gasteiger partial charge in [0, 0.05) is 18.4 Å². The largest absolute Gasteiger partial charge is 0.454 e. The fourth-order valence-electron chi connectivity index (χ4n) is 4.22. The van der Waals surface area contributed by atoms with Gasteiger partial charge in [0.1, 0.15) is 12.4 Å². The lowest BCUT2D eigenvalue weighted by Crippen LogP contribution is -2.30. The van der Waals surface area contributed by atoms with Crippen molar-refractivity contribution < 1.29 is 18.4 Å². The number of ether oxygens (including phenoxy) is 2. The van der Waals surface area contributed by atoms with Gasteiger partial charge in [-0.25, -0.2) is 8.97 Å². The maximum Gasteiger partial charge on any atom is 0.231 e. The third kappa shape index (κ3) is 4.06. The molecular weight excluding hydrogens is 353 g/mol. The summed E-state index contributed by atoms with van der Waals surface area (Å²) in [6.45, 7) is 4.06. The zero-order valence-electron chi connectivity index (χ0n) is 16.7. The summed E-state index contributed by atoms with van der Waals surface area (Å²) in [4.78, 5) is 0. The highest BCUT2D eigenvalue weighted by Gasteiger charge is 2.29. The highest BCUT2D eigenvalue weighted by molar-refractivity contribution is 5.99. The summed E-state index contributed by atoms with van der Waals surface area (Å²) >= 11 is 0. The van der Waals surface area contributed by atoms with Gasteiger partial charge in [0.15, 0.2) is 23.8 Å². The van der Waals surface area contributed by atoms with Crippen molar-refractivity contribution in [1.29, 1.82) is 0 Å². The number of halogens is 1. The molecule has 0 atom stereocenters. The summed E-state index contributed by atoms with van der Waals surface area (Å²) in [5.41, 5.74) is 4.65. The number of rotatable bonds is 8. The van der Waals surface area contributed by atoms with Crippen LogP contribution in [0.5, 0.6) is 11.5 Å². The molecule has 0 aliphatic carbocycles. The van der Waals surface area contributed by atoms with Crippen LogP contribution in [0.2, 0.25) is 0 Å². The molecular formula is C24H29FNO2+. The van der Waals surface area contributed by atoms with E-state index in [0.29, 0.717) is 13.3 Å². The van der Waals surface area contributed by atoms with Gasteiger partial charge in [0.05, 0.1) is 5.56 Å². The van der Waals surface area contributed by atoms with Crippen molar-refractivity contribution in [2.45, 2.75) is 58.4 Å². The minimum Gasteiger partial charge on any atom is -0.454 e. The molecule has 0 unspecified atom stereocenters. The van der Waals surface area contributed by atoms with Crippen LogP contribution >= 0.6 is 0 Å². The molecule has 2 aromatic rings. The second-order valence-corrected chi connectivity index (χ2v) is 7.74. The molecule has 0 saturated carbocycles. The molecule has 2 aliphatic heterocycles. The van der Waals surface area contributed by atoms with E-state index in [4.69, 9.17) is 9.47 Å². The van der Waals surface area contributed by atoms with E-state index in [1.54, 1.807) is 12.1 Å². The quantitative estimate of drug-likeness (QED) is 0.446. The van der Waals surface area contributed by atoms with E-state index in [0.717, 1.165) is 42.9 Å². The van der Waals surface area contributed by atoms with Crippen molar-refractivity contribution in [1.82, 2.24) is 0 Å². The lowest BCUT2D eigenvalue weighted by molar-refractivity contribution is -0.546. The molecule has 0 spiro atoms. The first-order chi connectivity index (χ1) is 13.8. The van der Waals surface area contributed by atoms with Crippen LogP contribution in [0.1, 0.15) is 62.1 Å². The Morgan fingerprint density at radius 2 is 1.79 bits per heavy atom. The van der Waals surface area contributed by atoms with Gasteiger partial charge in [-0.2, -0.15) is 0 Å². The molecule has 4 heteroatoms. The van der Waals surface area contributed by atoms with Crippen LogP contribution in [0.3, 0.4) is 0 Å². The maximum atomic E-state index is 14.3. The number of nitrogens with zero attached hydrogens (tertiary/aromatic N) is 1. The minimum absolute atomic E-state index is 0.124. The van der Waals surface area contributed by atoms with E-state index in [-0.39, 0.29) is 5.82 Å². The maximum absolute atomic E-state index is 14.3. The van der Waals surface area contributed by atoms with Crippen LogP contribution in [0.15, 0.2) is 36.4 Å². The summed E-state index contributed by atoms with van der Waals surface area (Å²) in [5, 5.41) is 0. The van der Waals surface area contributed by atoms with Crippen LogP contribution in [-0.4, -0.2) is 23.6 Å². The average molecular weight is 382 g/mol. The lowest BCUT2D eigenvalue weighted by atomic mass is 9.92. The molecule has 3 nitrogen and oxygen atoms in total. The Bertz CT molecular complexity index is 875. The van der Waals surface area contributed by atoms with Crippen molar-refractivity contribution in [3.05, 3.63) is 58.9 Å². The molecule has 2 heterocycles. The van der Waals surface area contributed by atoms with Gasteiger partial charge in [-0.3, -0.25) is 0 Å². The second kappa shape index (κ2) is 8.76. The van der Waals surface area contributed by atoms with Crippen LogP contribution in [0.4, 0.5) is 4.39 Å². The van der Waals surface area contributed by atoms with E-state index in [1.807, 2.05) is 12.1 Å². The van der Waals surface area contributed by atoms with E-state index in [2.05, 4.69) is 23.6 Å². The Hall–Kier alpha value is -2.36. The summed E-state index contributed by atoms with van der Waals surface area (Å²) in [7, 11) is 0. The summed E-state index contributed by atoms with van der Waals surface area (Å²) in [5.74, 6) is 1.56. The fourth-order valence-corrected chi connectivity index (χ4v) is 4.22. The number of fused-ring (bicyclic) bond motifs is 2. The average Bonchev–Trinajstić information content (AvgIpc) is 3.16. The third-order valence-corrected chi connectivity index (χ3v) is 5.78. The molecule has 0 aromatic heterocycles. The molecule has 2 aromatic carbocycles. The monoisotopic (exact) mass is 382 g/mol. The zero-order valence-corrected chi connectivity index (χ0v) is 16.7. The number of unbranched alkanes of at least 4 members (excludes halogenated alkanes) is 4. The number of benzene rings is 2. The highest BCUT2D eigenvalue weighted by atomic mass is 19.1. The summed E-state index contributed by atoms with van der Waals surface area (Å²) in [6.07, 6.45) is 8.20. The Morgan fingerprint density at radius 1 is 1.00 bits per heavy atom. The van der Waals surface area contributed by atoms with Crippen molar-refractivity contribution in [2.75, 3.05) is 13.3 Å². The molecule has 0 radical (unpaired) electrons. The molecule has 0 bridgehead atoms. The predicted octanol–water partition coefficient (Wildman–Crippen LogP) is 5.47. The van der Waals surface area contributed by atoms with Gasteiger partial charge in [-0.05, 0) is 36.2 Å². The first-order valence-electron chi connectivity index (χ1n) is 10.5. The first kappa shape index (κ1) is 19.0. The number of hydrogen-bond donors (Lipinski definition) is 0. The summed E-state index contributed by atoms with van der Waals surface area (Å²) in [6, 6.07) is 11.4. The normalized spacial score (nSPS) is 15.1. The van der Waals surface area contributed by atoms with E-state index >= 15 is 0 Å². The molecule has 0 fully saturated rings. The van der Waals surface area contributed by atoms with Crippen molar-refractivity contribution in [3.8, 4) is 11.5 Å². The van der Waals surface area contributed by atoms with E-state index in [9.17, 15) is 4.39 Å². The van der Waals surface area contributed by atoms with Crippen molar-refractivity contribution >= 4 is 5.71 Å². The van der Waals surface area contributed by atoms with Crippen molar-refractivity contribution in [3.63, 3.8) is 0 Å². The van der Waals surface area contributed by atoms with Crippen LogP contribution in [0.25, 0.3) is 0 Å². The smallest absolute Gasteiger partial charge is 0.231 e. The minimum atomic E-state index is -0.124. The Kier molecular flexibility index (Phi) is 5.94. The Morgan fingerprint density at radius 3 is 2.61 bits per heavy atom. The topological polar surface area (TPSA) is 21.5 Å². The molecule has 0 saturated heterocycles. The number of hydrogen-bond acceptors (Lipinski definition) is 2. The predicted molar refractivity (Wildman–Crippen MR) is 109 cm³/mol. The Balaban J connectivity index is 1.64.